The maximum atomic E-state index is 4.99. The van der Waals surface area contributed by atoms with Crippen LogP contribution < -0.4 is 0 Å². The van der Waals surface area contributed by atoms with Crippen LogP contribution in [0.5, 0.6) is 0 Å². The van der Waals surface area contributed by atoms with E-state index in [1.807, 2.05) is 36.4 Å². The minimum Gasteiger partial charge on any atom is -0.228 e. The molecule has 1 aliphatic rings. The Balaban J connectivity index is 1.10. The van der Waals surface area contributed by atoms with E-state index in [4.69, 9.17) is 9.97 Å². The Morgan fingerprint density at radius 3 is 1.59 bits per heavy atom. The second-order valence-electron chi connectivity index (χ2n) is 11.4. The van der Waals surface area contributed by atoms with Crippen molar-refractivity contribution < 1.29 is 0 Å². The summed E-state index contributed by atoms with van der Waals surface area (Å²) >= 11 is 0. The van der Waals surface area contributed by atoms with Crippen LogP contribution in [0, 0.1) is 0 Å². The molecule has 0 fully saturated rings. The first-order valence-electron chi connectivity index (χ1n) is 15.2. The van der Waals surface area contributed by atoms with Gasteiger partial charge in [-0.2, -0.15) is 0 Å². The average molecular weight is 563 g/mol. The van der Waals surface area contributed by atoms with Crippen molar-refractivity contribution >= 4 is 0 Å². The zero-order valence-electron chi connectivity index (χ0n) is 24.3. The van der Waals surface area contributed by atoms with E-state index in [1.165, 1.54) is 38.9 Å². The summed E-state index contributed by atoms with van der Waals surface area (Å²) in [6, 6.07) is 58.2. The van der Waals surface area contributed by atoms with Gasteiger partial charge in [-0.3, -0.25) is 0 Å². The van der Waals surface area contributed by atoms with Crippen molar-refractivity contribution in [3.8, 4) is 56.2 Å². The highest BCUT2D eigenvalue weighted by atomic mass is 14.9. The van der Waals surface area contributed by atoms with Gasteiger partial charge in [0, 0.05) is 22.6 Å². The third kappa shape index (κ3) is 4.91. The van der Waals surface area contributed by atoms with Crippen LogP contribution in [0.25, 0.3) is 56.2 Å². The molecule has 6 aromatic carbocycles. The quantitative estimate of drug-likeness (QED) is 0.209. The summed E-state index contributed by atoms with van der Waals surface area (Å²) in [5.41, 5.74) is 14.3. The number of benzene rings is 6. The van der Waals surface area contributed by atoms with E-state index in [-0.39, 0.29) is 0 Å². The summed E-state index contributed by atoms with van der Waals surface area (Å²) < 4.78 is 0. The lowest BCUT2D eigenvalue weighted by atomic mass is 9.75. The van der Waals surface area contributed by atoms with Gasteiger partial charge in [0.05, 0.1) is 11.4 Å². The molecule has 8 rings (SSSR count). The molecule has 0 saturated carbocycles. The number of fused-ring (bicyclic) bond motifs is 3. The topological polar surface area (TPSA) is 25.8 Å². The van der Waals surface area contributed by atoms with E-state index >= 15 is 0 Å². The summed E-state index contributed by atoms with van der Waals surface area (Å²) in [6.45, 7) is 0. The van der Waals surface area contributed by atoms with E-state index < -0.39 is 0 Å². The van der Waals surface area contributed by atoms with Crippen molar-refractivity contribution in [3.63, 3.8) is 0 Å². The minimum atomic E-state index is 0.355. The highest BCUT2D eigenvalue weighted by Gasteiger charge is 2.25. The third-order valence-electron chi connectivity index (χ3n) is 8.72. The lowest BCUT2D eigenvalue weighted by Crippen LogP contribution is -2.12. The number of nitrogens with zero attached hydrogens (tertiary/aromatic N) is 2. The maximum Gasteiger partial charge on any atom is 0.160 e. The molecule has 0 aliphatic heterocycles. The Hall–Kier alpha value is -5.60. The summed E-state index contributed by atoms with van der Waals surface area (Å²) in [5, 5.41) is 0. The molecule has 0 saturated heterocycles. The van der Waals surface area contributed by atoms with Crippen LogP contribution in [-0.2, 0) is 6.42 Å². The van der Waals surface area contributed by atoms with Crippen LogP contribution in [0.2, 0.25) is 0 Å². The van der Waals surface area contributed by atoms with Gasteiger partial charge in [-0.05, 0) is 51.4 Å². The van der Waals surface area contributed by atoms with Crippen molar-refractivity contribution in [2.75, 3.05) is 0 Å². The van der Waals surface area contributed by atoms with Gasteiger partial charge in [0.2, 0.25) is 0 Å². The van der Waals surface area contributed by atoms with Crippen LogP contribution in [0.15, 0.2) is 164 Å². The highest BCUT2D eigenvalue weighted by Crippen LogP contribution is 2.42. The smallest absolute Gasteiger partial charge is 0.160 e. The van der Waals surface area contributed by atoms with Gasteiger partial charge >= 0.3 is 0 Å². The zero-order valence-corrected chi connectivity index (χ0v) is 24.3. The molecule has 0 amide bonds. The fraction of sp³-hybridized carbons (Fsp3) is 0.0476. The predicted octanol–water partition coefficient (Wildman–Crippen LogP) is 10.5. The highest BCUT2D eigenvalue weighted by molar-refractivity contribution is 5.76. The molecule has 1 aliphatic carbocycles. The molecule has 1 aromatic heterocycles. The number of aromatic nitrogens is 2. The van der Waals surface area contributed by atoms with Crippen molar-refractivity contribution in [3.05, 3.63) is 180 Å². The number of hydrogen-bond donors (Lipinski definition) is 0. The molecule has 0 N–H and O–H groups in total. The summed E-state index contributed by atoms with van der Waals surface area (Å²) in [7, 11) is 0. The first kappa shape index (κ1) is 26.1. The van der Waals surface area contributed by atoms with Gasteiger partial charge < -0.3 is 0 Å². The standard InChI is InChI=1S/C42H30N2/c1-3-11-32(12-4-1)40-28-41(44-42(43-40)34-13-5-2-6-14-34)33-25-21-30(22-26-33)29-19-23-31(24-20-29)39-27-35-15-7-8-16-36(35)37-17-9-10-18-38(37)39/h1-26,28,39H,27H2. The van der Waals surface area contributed by atoms with E-state index in [1.54, 1.807) is 0 Å². The maximum absolute atomic E-state index is 4.99. The largest absolute Gasteiger partial charge is 0.228 e. The molecule has 7 aromatic rings. The fourth-order valence-corrected chi connectivity index (χ4v) is 6.44. The number of rotatable bonds is 5. The van der Waals surface area contributed by atoms with Crippen molar-refractivity contribution in [2.45, 2.75) is 12.3 Å². The Kier molecular flexibility index (Phi) is 6.66. The van der Waals surface area contributed by atoms with Crippen LogP contribution in [-0.4, -0.2) is 9.97 Å². The second-order valence-corrected chi connectivity index (χ2v) is 11.4. The molecular formula is C42H30N2. The lowest BCUT2D eigenvalue weighted by Gasteiger charge is -2.28. The molecule has 1 heterocycles. The Bertz CT molecular complexity index is 2010. The molecule has 44 heavy (non-hydrogen) atoms. The van der Waals surface area contributed by atoms with Crippen LogP contribution in [0.4, 0.5) is 0 Å². The zero-order chi connectivity index (χ0) is 29.3. The summed E-state index contributed by atoms with van der Waals surface area (Å²) in [5.74, 6) is 1.08. The van der Waals surface area contributed by atoms with Crippen molar-refractivity contribution in [2.24, 2.45) is 0 Å². The number of hydrogen-bond acceptors (Lipinski definition) is 2. The normalized spacial score (nSPS) is 13.6. The first-order valence-corrected chi connectivity index (χ1v) is 15.2. The predicted molar refractivity (Wildman–Crippen MR) is 181 cm³/mol. The van der Waals surface area contributed by atoms with Gasteiger partial charge in [-0.25, -0.2) is 9.97 Å². The van der Waals surface area contributed by atoms with Crippen molar-refractivity contribution in [1.82, 2.24) is 9.97 Å². The van der Waals surface area contributed by atoms with Crippen LogP contribution >= 0.6 is 0 Å². The first-order chi connectivity index (χ1) is 21.8. The Morgan fingerprint density at radius 1 is 0.409 bits per heavy atom. The molecule has 1 atom stereocenters. The van der Waals surface area contributed by atoms with E-state index in [2.05, 4.69) is 127 Å². The molecule has 2 heteroatoms. The molecule has 0 bridgehead atoms. The molecule has 0 spiro atoms. The molecule has 2 nitrogen and oxygen atoms in total. The van der Waals surface area contributed by atoms with Crippen LogP contribution in [0.3, 0.4) is 0 Å². The third-order valence-corrected chi connectivity index (χ3v) is 8.72. The fourth-order valence-electron chi connectivity index (χ4n) is 6.44. The molecule has 0 radical (unpaired) electrons. The Labute approximate surface area is 258 Å². The average Bonchev–Trinajstić information content (AvgIpc) is 3.12. The van der Waals surface area contributed by atoms with Crippen molar-refractivity contribution in [1.29, 1.82) is 0 Å². The monoisotopic (exact) mass is 562 g/mol. The van der Waals surface area contributed by atoms with Gasteiger partial charge in [0.25, 0.3) is 0 Å². The van der Waals surface area contributed by atoms with Gasteiger partial charge in [0.15, 0.2) is 5.82 Å². The second kappa shape index (κ2) is 11.2. The minimum absolute atomic E-state index is 0.355. The Morgan fingerprint density at radius 2 is 0.909 bits per heavy atom. The molecular weight excluding hydrogens is 532 g/mol. The van der Waals surface area contributed by atoms with E-state index in [9.17, 15) is 0 Å². The van der Waals surface area contributed by atoms with E-state index in [0.717, 1.165) is 40.3 Å². The van der Waals surface area contributed by atoms with Crippen LogP contribution in [0.1, 0.15) is 22.6 Å². The van der Waals surface area contributed by atoms with Gasteiger partial charge in [-0.15, -0.1) is 0 Å². The SMILES string of the molecule is c1ccc(-c2cc(-c3ccc(-c4ccc(C5Cc6ccccc6-c6ccccc65)cc4)cc3)nc(-c3ccccc3)n2)cc1. The summed E-state index contributed by atoms with van der Waals surface area (Å²) in [4.78, 5) is 9.92. The molecule has 1 unspecified atom stereocenters. The van der Waals surface area contributed by atoms with Gasteiger partial charge in [-0.1, -0.05) is 158 Å². The van der Waals surface area contributed by atoms with Gasteiger partial charge in [0.1, 0.15) is 0 Å². The van der Waals surface area contributed by atoms with E-state index in [0.29, 0.717) is 5.92 Å². The molecule has 208 valence electrons. The summed E-state index contributed by atoms with van der Waals surface area (Å²) in [6.07, 6.45) is 1.02. The lowest BCUT2D eigenvalue weighted by molar-refractivity contribution is 0.794.